The van der Waals surface area contributed by atoms with Gasteiger partial charge in [0.05, 0.1) is 25.0 Å². The van der Waals surface area contributed by atoms with Crippen LogP contribution in [-0.4, -0.2) is 24.0 Å². The third-order valence-electron chi connectivity index (χ3n) is 2.07. The van der Waals surface area contributed by atoms with Crippen LogP contribution < -0.4 is 4.90 Å². The Labute approximate surface area is 75.2 Å². The van der Waals surface area contributed by atoms with Crippen molar-refractivity contribution in [1.29, 1.82) is 0 Å². The van der Waals surface area contributed by atoms with Crippen molar-refractivity contribution in [2.75, 3.05) is 18.0 Å². The van der Waals surface area contributed by atoms with Crippen LogP contribution in [0.3, 0.4) is 0 Å². The van der Waals surface area contributed by atoms with Crippen LogP contribution in [0.2, 0.25) is 0 Å². The van der Waals surface area contributed by atoms with Gasteiger partial charge >= 0.3 is 0 Å². The van der Waals surface area contributed by atoms with E-state index in [4.69, 9.17) is 0 Å². The number of pyridine rings is 1. The number of aromatic nitrogens is 1. The lowest BCUT2D eigenvalue weighted by Crippen LogP contribution is -2.56. The molecule has 2 rings (SSSR count). The van der Waals surface area contributed by atoms with Gasteiger partial charge in [-0.05, 0) is 18.6 Å². The Hall–Kier alpha value is -1.19. The smallest absolute Gasteiger partial charge is 0.282 e. The van der Waals surface area contributed by atoms with Gasteiger partial charge in [0.1, 0.15) is 0 Å². The van der Waals surface area contributed by atoms with Crippen molar-refractivity contribution in [2.24, 2.45) is 0 Å². The van der Waals surface area contributed by atoms with E-state index in [0.717, 1.165) is 11.3 Å². The Morgan fingerprint density at radius 1 is 1.38 bits per heavy atom. The van der Waals surface area contributed by atoms with Crippen LogP contribution in [0.5, 0.6) is 0 Å². The molecule has 1 aromatic rings. The number of anilines is 1. The third kappa shape index (κ3) is 1.61. The van der Waals surface area contributed by atoms with Gasteiger partial charge in [-0.1, -0.05) is 0 Å². The minimum Gasteiger partial charge on any atom is -0.358 e. The number of aryl methyl sites for hydroxylation is 1. The fourth-order valence-electron chi connectivity index (χ4n) is 1.41. The quantitative estimate of drug-likeness (QED) is 0.662. The first-order valence-corrected chi connectivity index (χ1v) is 4.11. The summed E-state index contributed by atoms with van der Waals surface area (Å²) >= 11 is 0. The van der Waals surface area contributed by atoms with E-state index < -0.39 is 5.92 Å². The fourth-order valence-corrected chi connectivity index (χ4v) is 1.41. The topological polar surface area (TPSA) is 16.1 Å². The molecule has 0 saturated carbocycles. The number of rotatable bonds is 1. The Bertz CT molecular complexity index is 317. The molecule has 1 aliphatic rings. The lowest BCUT2D eigenvalue weighted by atomic mass is 10.1. The van der Waals surface area contributed by atoms with Gasteiger partial charge in [0.15, 0.2) is 0 Å². The van der Waals surface area contributed by atoms with E-state index in [0.29, 0.717) is 0 Å². The molecule has 70 valence electrons. The molecule has 0 aliphatic carbocycles. The average molecular weight is 184 g/mol. The Balaban J connectivity index is 2.11. The lowest BCUT2D eigenvalue weighted by Gasteiger charge is -2.40. The maximum absolute atomic E-state index is 12.5. The van der Waals surface area contributed by atoms with E-state index >= 15 is 0 Å². The van der Waals surface area contributed by atoms with Gasteiger partial charge in [0.25, 0.3) is 5.92 Å². The average Bonchev–Trinajstić information content (AvgIpc) is 2.00. The Morgan fingerprint density at radius 2 is 2.08 bits per heavy atom. The number of alkyl halides is 2. The van der Waals surface area contributed by atoms with Crippen LogP contribution in [0.25, 0.3) is 0 Å². The predicted octanol–water partition coefficient (Wildman–Crippen LogP) is 1.85. The minimum atomic E-state index is -2.51. The number of nitrogens with zero attached hydrogens (tertiary/aromatic N) is 2. The van der Waals surface area contributed by atoms with Crippen LogP contribution in [-0.2, 0) is 0 Å². The summed E-state index contributed by atoms with van der Waals surface area (Å²) in [5, 5.41) is 0. The summed E-state index contributed by atoms with van der Waals surface area (Å²) in [5.74, 6) is -2.51. The van der Waals surface area contributed by atoms with Crippen LogP contribution in [0.1, 0.15) is 5.56 Å². The second-order valence-corrected chi connectivity index (χ2v) is 3.43. The summed E-state index contributed by atoms with van der Waals surface area (Å²) in [5.41, 5.74) is 1.78. The van der Waals surface area contributed by atoms with E-state index in [1.165, 1.54) is 0 Å². The maximum atomic E-state index is 12.5. The Morgan fingerprint density at radius 3 is 2.62 bits per heavy atom. The standard InChI is InChI=1S/C9H10F2N2/c1-7-2-8(4-12-3-7)13-5-9(10,11)6-13/h2-4H,5-6H2,1H3. The zero-order chi connectivity index (χ0) is 9.47. The van der Waals surface area contributed by atoms with Crippen molar-refractivity contribution in [1.82, 2.24) is 4.98 Å². The normalized spacial score (nSPS) is 19.8. The van der Waals surface area contributed by atoms with Crippen molar-refractivity contribution in [3.63, 3.8) is 0 Å². The molecule has 1 fully saturated rings. The molecule has 13 heavy (non-hydrogen) atoms. The second-order valence-electron chi connectivity index (χ2n) is 3.43. The fraction of sp³-hybridized carbons (Fsp3) is 0.444. The zero-order valence-electron chi connectivity index (χ0n) is 7.30. The van der Waals surface area contributed by atoms with Gasteiger partial charge in [-0.2, -0.15) is 0 Å². The molecular formula is C9H10F2N2. The highest BCUT2D eigenvalue weighted by Crippen LogP contribution is 2.31. The summed E-state index contributed by atoms with van der Waals surface area (Å²) in [6.07, 6.45) is 3.32. The van der Waals surface area contributed by atoms with Gasteiger partial charge in [-0.25, -0.2) is 8.78 Å². The molecule has 0 radical (unpaired) electrons. The van der Waals surface area contributed by atoms with E-state index in [9.17, 15) is 8.78 Å². The third-order valence-corrected chi connectivity index (χ3v) is 2.07. The molecule has 0 bridgehead atoms. The van der Waals surface area contributed by atoms with E-state index in [1.807, 2.05) is 13.0 Å². The molecule has 0 N–H and O–H groups in total. The van der Waals surface area contributed by atoms with Crippen molar-refractivity contribution in [2.45, 2.75) is 12.8 Å². The first-order valence-electron chi connectivity index (χ1n) is 4.11. The van der Waals surface area contributed by atoms with Gasteiger partial charge < -0.3 is 4.90 Å². The molecule has 0 spiro atoms. The van der Waals surface area contributed by atoms with Crippen LogP contribution >= 0.6 is 0 Å². The molecule has 1 saturated heterocycles. The van der Waals surface area contributed by atoms with Crippen molar-refractivity contribution >= 4 is 5.69 Å². The van der Waals surface area contributed by atoms with Crippen LogP contribution in [0.15, 0.2) is 18.5 Å². The first kappa shape index (κ1) is 8.41. The van der Waals surface area contributed by atoms with Crippen LogP contribution in [0.4, 0.5) is 14.5 Å². The number of hydrogen-bond acceptors (Lipinski definition) is 2. The Kier molecular flexibility index (Phi) is 1.71. The first-order chi connectivity index (χ1) is 6.07. The van der Waals surface area contributed by atoms with Crippen molar-refractivity contribution in [3.8, 4) is 0 Å². The second kappa shape index (κ2) is 2.65. The number of hydrogen-bond donors (Lipinski definition) is 0. The predicted molar refractivity (Wildman–Crippen MR) is 46.1 cm³/mol. The SMILES string of the molecule is Cc1cncc(N2CC(F)(F)C2)c1. The van der Waals surface area contributed by atoms with Gasteiger partial charge in [0, 0.05) is 6.20 Å². The van der Waals surface area contributed by atoms with Gasteiger partial charge in [-0.3, -0.25) is 4.98 Å². The van der Waals surface area contributed by atoms with E-state index in [-0.39, 0.29) is 13.1 Å². The molecule has 0 unspecified atom stereocenters. The van der Waals surface area contributed by atoms with Crippen molar-refractivity contribution in [3.05, 3.63) is 24.0 Å². The maximum Gasteiger partial charge on any atom is 0.282 e. The van der Waals surface area contributed by atoms with Gasteiger partial charge in [-0.15, -0.1) is 0 Å². The number of halogens is 2. The summed E-state index contributed by atoms with van der Waals surface area (Å²) in [4.78, 5) is 5.57. The highest BCUT2D eigenvalue weighted by atomic mass is 19.3. The van der Waals surface area contributed by atoms with Crippen LogP contribution in [0, 0.1) is 6.92 Å². The zero-order valence-corrected chi connectivity index (χ0v) is 7.30. The summed E-state index contributed by atoms with van der Waals surface area (Å²) in [7, 11) is 0. The molecular weight excluding hydrogens is 174 g/mol. The lowest BCUT2D eigenvalue weighted by molar-refractivity contribution is -0.0262. The highest BCUT2D eigenvalue weighted by Gasteiger charge is 2.43. The highest BCUT2D eigenvalue weighted by molar-refractivity contribution is 5.49. The van der Waals surface area contributed by atoms with E-state index in [2.05, 4.69) is 4.98 Å². The molecule has 1 aliphatic heterocycles. The van der Waals surface area contributed by atoms with Crippen molar-refractivity contribution < 1.29 is 8.78 Å². The molecule has 0 atom stereocenters. The molecule has 0 aromatic carbocycles. The molecule has 0 amide bonds. The molecule has 1 aromatic heterocycles. The molecule has 2 heterocycles. The summed E-state index contributed by atoms with van der Waals surface area (Å²) < 4.78 is 25.0. The summed E-state index contributed by atoms with van der Waals surface area (Å²) in [6, 6.07) is 1.86. The summed E-state index contributed by atoms with van der Waals surface area (Å²) in [6.45, 7) is 1.53. The van der Waals surface area contributed by atoms with Gasteiger partial charge in [0.2, 0.25) is 0 Å². The minimum absolute atomic E-state index is 0.182. The molecule has 2 nitrogen and oxygen atoms in total. The largest absolute Gasteiger partial charge is 0.358 e. The monoisotopic (exact) mass is 184 g/mol. The van der Waals surface area contributed by atoms with E-state index in [1.54, 1.807) is 17.3 Å². The molecule has 4 heteroatoms.